The number of nitrogen functional groups attached to an aromatic ring is 1. The smallest absolute Gasteiger partial charge is 0.292 e. The van der Waals surface area contributed by atoms with E-state index in [1.54, 1.807) is 14.1 Å². The molecule has 0 aromatic heterocycles. The summed E-state index contributed by atoms with van der Waals surface area (Å²) in [4.78, 5) is 21.6. The summed E-state index contributed by atoms with van der Waals surface area (Å²) in [5, 5.41) is 12.0. The number of hydrogen-bond donors (Lipinski definition) is 2. The summed E-state index contributed by atoms with van der Waals surface area (Å²) < 4.78 is 0. The van der Waals surface area contributed by atoms with Crippen LogP contribution in [0.4, 0.5) is 11.4 Å². The number of nitrogens with zero attached hydrogens (tertiary/aromatic N) is 2. The van der Waals surface area contributed by atoms with Crippen LogP contribution in [0, 0.1) is 10.1 Å². The fraction of sp³-hybridized carbons (Fsp3) is 0.222. The van der Waals surface area contributed by atoms with Gasteiger partial charge in [0.15, 0.2) is 0 Å². The number of amides is 1. The van der Waals surface area contributed by atoms with E-state index < -0.39 is 10.8 Å². The Labute approximate surface area is 92.0 Å². The molecule has 16 heavy (non-hydrogen) atoms. The highest BCUT2D eigenvalue weighted by Gasteiger charge is 2.18. The minimum absolute atomic E-state index is 0.0860. The minimum Gasteiger partial charge on any atom is -0.393 e. The molecule has 86 valence electrons. The van der Waals surface area contributed by atoms with Crippen molar-refractivity contribution >= 4 is 17.3 Å². The number of hydrogen-bond acceptors (Lipinski definition) is 5. The minimum atomic E-state index is -0.623. The van der Waals surface area contributed by atoms with Gasteiger partial charge in [0.1, 0.15) is 5.69 Å². The Hall–Kier alpha value is -2.15. The lowest BCUT2D eigenvalue weighted by molar-refractivity contribution is -0.383. The second kappa shape index (κ2) is 4.58. The maximum Gasteiger partial charge on any atom is 0.292 e. The van der Waals surface area contributed by atoms with Crippen LogP contribution in [-0.4, -0.2) is 29.9 Å². The first kappa shape index (κ1) is 11.9. The molecular formula is C9H12N4O3. The monoisotopic (exact) mass is 224 g/mol. The molecule has 7 heteroatoms. The van der Waals surface area contributed by atoms with Gasteiger partial charge in [-0.25, -0.2) is 5.01 Å². The van der Waals surface area contributed by atoms with E-state index in [0.717, 1.165) is 0 Å². The molecule has 0 bridgehead atoms. The standard InChI is InChI=1S/C9H12N4O3/c1-12(2)11-9(14)6-4-3-5-7(8(6)10)13(15)16/h3-5H,10H2,1-2H3,(H,11,14). The number of anilines is 1. The highest BCUT2D eigenvalue weighted by Crippen LogP contribution is 2.24. The van der Waals surface area contributed by atoms with Gasteiger partial charge in [0.05, 0.1) is 10.5 Å². The first-order valence-electron chi connectivity index (χ1n) is 4.44. The number of para-hydroxylation sites is 1. The molecule has 0 heterocycles. The molecule has 3 N–H and O–H groups in total. The Balaban J connectivity index is 3.10. The molecule has 0 radical (unpaired) electrons. The molecule has 1 aromatic carbocycles. The molecular weight excluding hydrogens is 212 g/mol. The average Bonchev–Trinajstić information content (AvgIpc) is 2.16. The summed E-state index contributed by atoms with van der Waals surface area (Å²) in [6.45, 7) is 0. The molecule has 0 aliphatic heterocycles. The number of nitrogens with one attached hydrogen (secondary N) is 1. The van der Waals surface area contributed by atoms with Crippen LogP contribution in [0.15, 0.2) is 18.2 Å². The lowest BCUT2D eigenvalue weighted by Crippen LogP contribution is -2.36. The number of nitro benzene ring substituents is 1. The van der Waals surface area contributed by atoms with Crippen molar-refractivity contribution in [3.8, 4) is 0 Å². The Morgan fingerprint density at radius 3 is 2.62 bits per heavy atom. The van der Waals surface area contributed by atoms with E-state index in [-0.39, 0.29) is 16.9 Å². The molecule has 0 fully saturated rings. The number of benzene rings is 1. The van der Waals surface area contributed by atoms with Crippen LogP contribution in [0.5, 0.6) is 0 Å². The maximum atomic E-state index is 11.6. The molecule has 7 nitrogen and oxygen atoms in total. The van der Waals surface area contributed by atoms with Gasteiger partial charge in [-0.3, -0.25) is 20.3 Å². The number of rotatable bonds is 3. The van der Waals surface area contributed by atoms with Crippen molar-refractivity contribution in [2.75, 3.05) is 19.8 Å². The van der Waals surface area contributed by atoms with Crippen LogP contribution >= 0.6 is 0 Å². The van der Waals surface area contributed by atoms with Crippen molar-refractivity contribution in [3.63, 3.8) is 0 Å². The van der Waals surface area contributed by atoms with Crippen LogP contribution < -0.4 is 11.2 Å². The van der Waals surface area contributed by atoms with Crippen LogP contribution in [0.1, 0.15) is 10.4 Å². The highest BCUT2D eigenvalue weighted by atomic mass is 16.6. The first-order valence-corrected chi connectivity index (χ1v) is 4.44. The summed E-state index contributed by atoms with van der Waals surface area (Å²) in [7, 11) is 3.26. The van der Waals surface area contributed by atoms with Gasteiger partial charge in [-0.1, -0.05) is 6.07 Å². The quantitative estimate of drug-likeness (QED) is 0.439. The van der Waals surface area contributed by atoms with Gasteiger partial charge < -0.3 is 5.73 Å². The van der Waals surface area contributed by atoms with Crippen LogP contribution in [0.25, 0.3) is 0 Å². The molecule has 0 aliphatic rings. The van der Waals surface area contributed by atoms with Crippen LogP contribution in [0.2, 0.25) is 0 Å². The van der Waals surface area contributed by atoms with Gasteiger partial charge in [-0.15, -0.1) is 0 Å². The summed E-state index contributed by atoms with van der Waals surface area (Å²) in [6, 6.07) is 4.10. The normalized spacial score (nSPS) is 10.2. The van der Waals surface area contributed by atoms with Gasteiger partial charge in [0.2, 0.25) is 0 Å². The van der Waals surface area contributed by atoms with Crippen molar-refractivity contribution < 1.29 is 9.72 Å². The van der Waals surface area contributed by atoms with E-state index in [0.29, 0.717) is 0 Å². The summed E-state index contributed by atoms with van der Waals surface area (Å²) >= 11 is 0. The predicted molar refractivity (Wildman–Crippen MR) is 58.7 cm³/mol. The Morgan fingerprint density at radius 1 is 1.50 bits per heavy atom. The van der Waals surface area contributed by atoms with Crippen molar-refractivity contribution in [2.24, 2.45) is 0 Å². The fourth-order valence-corrected chi connectivity index (χ4v) is 1.17. The zero-order valence-corrected chi connectivity index (χ0v) is 8.93. The third-order valence-corrected chi connectivity index (χ3v) is 1.85. The summed E-state index contributed by atoms with van der Waals surface area (Å²) in [6.07, 6.45) is 0. The lowest BCUT2D eigenvalue weighted by Gasteiger charge is -2.12. The largest absolute Gasteiger partial charge is 0.393 e. The van der Waals surface area contributed by atoms with E-state index >= 15 is 0 Å². The average molecular weight is 224 g/mol. The number of nitro groups is 1. The van der Waals surface area contributed by atoms with Gasteiger partial charge in [-0.2, -0.15) is 0 Å². The highest BCUT2D eigenvalue weighted by molar-refractivity contribution is 6.00. The molecule has 1 amide bonds. The SMILES string of the molecule is CN(C)NC(=O)c1cccc([N+](=O)[O-])c1N. The number of carbonyl (C=O) groups is 1. The van der Waals surface area contributed by atoms with Crippen LogP contribution in [-0.2, 0) is 0 Å². The fourth-order valence-electron chi connectivity index (χ4n) is 1.17. The molecule has 0 saturated carbocycles. The second-order valence-corrected chi connectivity index (χ2v) is 3.33. The molecule has 0 saturated heterocycles. The van der Waals surface area contributed by atoms with Crippen molar-refractivity contribution in [3.05, 3.63) is 33.9 Å². The molecule has 0 atom stereocenters. The lowest BCUT2D eigenvalue weighted by atomic mass is 10.1. The zero-order valence-electron chi connectivity index (χ0n) is 8.93. The zero-order chi connectivity index (χ0) is 12.3. The predicted octanol–water partition coefficient (Wildman–Crippen LogP) is 0.383. The summed E-state index contributed by atoms with van der Waals surface area (Å²) in [5.74, 6) is -0.480. The Kier molecular flexibility index (Phi) is 3.41. The van der Waals surface area contributed by atoms with Crippen LogP contribution in [0.3, 0.4) is 0 Å². The van der Waals surface area contributed by atoms with E-state index in [4.69, 9.17) is 5.73 Å². The second-order valence-electron chi connectivity index (χ2n) is 3.33. The Bertz CT molecular complexity index is 431. The van der Waals surface area contributed by atoms with E-state index in [1.807, 2.05) is 0 Å². The number of hydrazine groups is 1. The molecule has 0 unspecified atom stereocenters. The molecule has 1 aromatic rings. The van der Waals surface area contributed by atoms with Gasteiger partial charge in [0.25, 0.3) is 11.6 Å². The molecule has 0 aliphatic carbocycles. The number of carbonyl (C=O) groups excluding carboxylic acids is 1. The van der Waals surface area contributed by atoms with Crippen molar-refractivity contribution in [2.45, 2.75) is 0 Å². The van der Waals surface area contributed by atoms with Crippen molar-refractivity contribution in [1.82, 2.24) is 10.4 Å². The van der Waals surface area contributed by atoms with Gasteiger partial charge in [0, 0.05) is 20.2 Å². The van der Waals surface area contributed by atoms with Gasteiger partial charge in [-0.05, 0) is 6.07 Å². The Morgan fingerprint density at radius 2 is 2.12 bits per heavy atom. The third kappa shape index (κ3) is 2.45. The van der Waals surface area contributed by atoms with Gasteiger partial charge >= 0.3 is 0 Å². The third-order valence-electron chi connectivity index (χ3n) is 1.85. The van der Waals surface area contributed by atoms with Crippen molar-refractivity contribution in [1.29, 1.82) is 0 Å². The van der Waals surface area contributed by atoms with E-state index in [2.05, 4.69) is 5.43 Å². The topological polar surface area (TPSA) is 102 Å². The van der Waals surface area contributed by atoms with E-state index in [9.17, 15) is 14.9 Å². The molecule has 1 rings (SSSR count). The molecule has 0 spiro atoms. The first-order chi connectivity index (χ1) is 7.43. The summed E-state index contributed by atoms with van der Waals surface area (Å²) in [5.41, 5.74) is 7.68. The van der Waals surface area contributed by atoms with E-state index in [1.165, 1.54) is 23.2 Å². The maximum absolute atomic E-state index is 11.6. The number of nitrogens with two attached hydrogens (primary N) is 1.